The third kappa shape index (κ3) is 1.91. The molecule has 1 aromatic carbocycles. The molecule has 100 valence electrons. The van der Waals surface area contributed by atoms with Gasteiger partial charge in [0.2, 0.25) is 10.0 Å². The fourth-order valence-corrected chi connectivity index (χ4v) is 4.88. The van der Waals surface area contributed by atoms with Crippen molar-refractivity contribution in [2.45, 2.75) is 24.5 Å². The van der Waals surface area contributed by atoms with Crippen LogP contribution in [0.3, 0.4) is 0 Å². The van der Waals surface area contributed by atoms with Crippen LogP contribution in [0.5, 0.6) is 0 Å². The summed E-state index contributed by atoms with van der Waals surface area (Å²) < 4.78 is 26.3. The summed E-state index contributed by atoms with van der Waals surface area (Å²) in [7, 11) is -1.48. The average Bonchev–Trinajstić information content (AvgIpc) is 2.63. The minimum Gasteiger partial charge on any atom is -0.318 e. The fourth-order valence-electron chi connectivity index (χ4n) is 2.64. The molecule has 0 spiro atoms. The van der Waals surface area contributed by atoms with Crippen LogP contribution in [0.25, 0.3) is 0 Å². The van der Waals surface area contributed by atoms with E-state index in [1.807, 2.05) is 37.3 Å². The Morgan fingerprint density at radius 3 is 2.56 bits per heavy atom. The molecule has 2 rings (SSSR count). The maximum absolute atomic E-state index is 12.7. The van der Waals surface area contributed by atoms with Gasteiger partial charge < -0.3 is 5.32 Å². The predicted molar refractivity (Wildman–Crippen MR) is 74.3 cm³/mol. The van der Waals surface area contributed by atoms with Crippen molar-refractivity contribution < 1.29 is 8.42 Å². The second kappa shape index (κ2) is 4.90. The number of sulfonamides is 1. The number of anilines is 1. The summed E-state index contributed by atoms with van der Waals surface area (Å²) in [5.41, 5.74) is 0.768. The Morgan fingerprint density at radius 1 is 1.33 bits per heavy atom. The topological polar surface area (TPSA) is 49.4 Å². The van der Waals surface area contributed by atoms with E-state index in [2.05, 4.69) is 5.32 Å². The zero-order chi connectivity index (χ0) is 13.2. The summed E-state index contributed by atoms with van der Waals surface area (Å²) in [6.45, 7) is 3.03. The number of hydrogen-bond acceptors (Lipinski definition) is 3. The van der Waals surface area contributed by atoms with Crippen LogP contribution in [0.15, 0.2) is 30.3 Å². The van der Waals surface area contributed by atoms with Crippen molar-refractivity contribution in [2.24, 2.45) is 0 Å². The molecule has 1 aliphatic rings. The van der Waals surface area contributed by atoms with Gasteiger partial charge in [0.15, 0.2) is 0 Å². The summed E-state index contributed by atoms with van der Waals surface area (Å²) in [5, 5.41) is 3.02. The van der Waals surface area contributed by atoms with Crippen molar-refractivity contribution in [3.63, 3.8) is 0 Å². The summed E-state index contributed by atoms with van der Waals surface area (Å²) in [6.07, 6.45) is 1.32. The molecular weight excluding hydrogens is 248 g/mol. The van der Waals surface area contributed by atoms with E-state index in [0.29, 0.717) is 25.9 Å². The van der Waals surface area contributed by atoms with E-state index in [1.165, 1.54) is 0 Å². The molecule has 1 fully saturated rings. The second-order valence-electron chi connectivity index (χ2n) is 4.73. The van der Waals surface area contributed by atoms with Gasteiger partial charge in [-0.3, -0.25) is 4.31 Å². The van der Waals surface area contributed by atoms with Gasteiger partial charge in [-0.25, -0.2) is 8.42 Å². The first-order chi connectivity index (χ1) is 8.57. The molecule has 0 amide bonds. The monoisotopic (exact) mass is 268 g/mol. The van der Waals surface area contributed by atoms with Gasteiger partial charge in [-0.1, -0.05) is 25.1 Å². The first kappa shape index (κ1) is 13.4. The standard InChI is InChI=1S/C13H20N2O2S/c1-3-13(11-14-2)9-10-15(18(13,16)17)12-7-5-4-6-8-12/h4-8,14H,3,9-11H2,1-2H3/t13-/m0/s1. The fraction of sp³-hybridized carbons (Fsp3) is 0.538. The molecule has 1 N–H and O–H groups in total. The van der Waals surface area contributed by atoms with Crippen LogP contribution in [0.1, 0.15) is 19.8 Å². The van der Waals surface area contributed by atoms with Gasteiger partial charge in [-0.15, -0.1) is 0 Å². The third-order valence-electron chi connectivity index (χ3n) is 3.80. The molecule has 1 aliphatic heterocycles. The van der Waals surface area contributed by atoms with Crippen LogP contribution in [0, 0.1) is 0 Å². The molecule has 1 saturated heterocycles. The van der Waals surface area contributed by atoms with Crippen molar-refractivity contribution in [3.05, 3.63) is 30.3 Å². The van der Waals surface area contributed by atoms with E-state index in [4.69, 9.17) is 0 Å². The molecule has 0 bridgehead atoms. The molecule has 1 aromatic rings. The SMILES string of the molecule is CC[C@@]1(CNC)CCN(c2ccccc2)S1(=O)=O. The van der Waals surface area contributed by atoms with Crippen molar-refractivity contribution >= 4 is 15.7 Å². The molecule has 18 heavy (non-hydrogen) atoms. The first-order valence-corrected chi connectivity index (χ1v) is 7.73. The second-order valence-corrected chi connectivity index (χ2v) is 6.99. The van der Waals surface area contributed by atoms with Gasteiger partial charge >= 0.3 is 0 Å². The van der Waals surface area contributed by atoms with Crippen LogP contribution in [-0.4, -0.2) is 33.3 Å². The van der Waals surface area contributed by atoms with Crippen molar-refractivity contribution in [2.75, 3.05) is 24.4 Å². The summed E-state index contributed by atoms with van der Waals surface area (Å²) in [6, 6.07) is 9.34. The molecule has 1 heterocycles. The summed E-state index contributed by atoms with van der Waals surface area (Å²) in [4.78, 5) is 0. The number of para-hydroxylation sites is 1. The smallest absolute Gasteiger partial charge is 0.242 e. The van der Waals surface area contributed by atoms with Crippen LogP contribution in [0.2, 0.25) is 0 Å². The minimum absolute atomic E-state index is 0.509. The third-order valence-corrected chi connectivity index (χ3v) is 6.50. The summed E-state index contributed by atoms with van der Waals surface area (Å²) >= 11 is 0. The quantitative estimate of drug-likeness (QED) is 0.902. The number of hydrogen-bond donors (Lipinski definition) is 1. The lowest BCUT2D eigenvalue weighted by atomic mass is 10.0. The van der Waals surface area contributed by atoms with E-state index in [9.17, 15) is 8.42 Å². The lowest BCUT2D eigenvalue weighted by Gasteiger charge is -2.28. The maximum atomic E-state index is 12.7. The van der Waals surface area contributed by atoms with Gasteiger partial charge in [0, 0.05) is 13.1 Å². The highest BCUT2D eigenvalue weighted by Gasteiger charge is 2.50. The van der Waals surface area contributed by atoms with Gasteiger partial charge in [-0.05, 0) is 32.0 Å². The largest absolute Gasteiger partial charge is 0.318 e. The van der Waals surface area contributed by atoms with Crippen LogP contribution in [0.4, 0.5) is 5.69 Å². The van der Waals surface area contributed by atoms with E-state index in [0.717, 1.165) is 5.69 Å². The van der Waals surface area contributed by atoms with Crippen molar-refractivity contribution in [3.8, 4) is 0 Å². The van der Waals surface area contributed by atoms with E-state index in [-0.39, 0.29) is 0 Å². The van der Waals surface area contributed by atoms with E-state index >= 15 is 0 Å². The Hall–Kier alpha value is -1.07. The van der Waals surface area contributed by atoms with Gasteiger partial charge in [0.1, 0.15) is 4.75 Å². The molecule has 1 atom stereocenters. The number of benzene rings is 1. The normalized spacial score (nSPS) is 26.4. The van der Waals surface area contributed by atoms with Crippen LogP contribution >= 0.6 is 0 Å². The minimum atomic E-state index is -3.28. The molecule has 5 heteroatoms. The highest BCUT2D eigenvalue weighted by Crippen LogP contribution is 2.38. The highest BCUT2D eigenvalue weighted by atomic mass is 32.2. The predicted octanol–water partition coefficient (Wildman–Crippen LogP) is 1.59. The Kier molecular flexibility index (Phi) is 3.64. The lowest BCUT2D eigenvalue weighted by molar-refractivity contribution is 0.482. The number of rotatable bonds is 4. The van der Waals surface area contributed by atoms with Gasteiger partial charge in [-0.2, -0.15) is 0 Å². The molecule has 0 saturated carbocycles. The number of nitrogens with zero attached hydrogens (tertiary/aromatic N) is 1. The highest BCUT2D eigenvalue weighted by molar-refractivity contribution is 7.94. The molecule has 4 nitrogen and oxygen atoms in total. The van der Waals surface area contributed by atoms with E-state index in [1.54, 1.807) is 11.4 Å². The maximum Gasteiger partial charge on any atom is 0.242 e. The Bertz CT molecular complexity index is 501. The first-order valence-electron chi connectivity index (χ1n) is 6.29. The average molecular weight is 268 g/mol. The summed E-state index contributed by atoms with van der Waals surface area (Å²) in [5.74, 6) is 0. The molecular formula is C13H20N2O2S. The van der Waals surface area contributed by atoms with Crippen LogP contribution < -0.4 is 9.62 Å². The molecule has 0 aliphatic carbocycles. The van der Waals surface area contributed by atoms with Crippen molar-refractivity contribution in [1.82, 2.24) is 5.32 Å². The number of nitrogens with one attached hydrogen (secondary N) is 1. The zero-order valence-corrected chi connectivity index (χ0v) is 11.7. The Morgan fingerprint density at radius 2 is 2.00 bits per heavy atom. The molecule has 0 aromatic heterocycles. The Balaban J connectivity index is 2.39. The van der Waals surface area contributed by atoms with Gasteiger partial charge in [0.25, 0.3) is 0 Å². The Labute approximate surface area is 109 Å². The molecule has 0 radical (unpaired) electrons. The van der Waals surface area contributed by atoms with Crippen LogP contribution in [-0.2, 0) is 10.0 Å². The van der Waals surface area contributed by atoms with Crippen molar-refractivity contribution in [1.29, 1.82) is 0 Å². The van der Waals surface area contributed by atoms with E-state index < -0.39 is 14.8 Å². The molecule has 0 unspecified atom stereocenters. The van der Waals surface area contributed by atoms with Gasteiger partial charge in [0.05, 0.1) is 5.69 Å². The lowest BCUT2D eigenvalue weighted by Crippen LogP contribution is -2.46. The zero-order valence-electron chi connectivity index (χ0n) is 10.9.